The van der Waals surface area contributed by atoms with Crippen LogP contribution >= 0.6 is 0 Å². The van der Waals surface area contributed by atoms with Crippen molar-refractivity contribution >= 4 is 5.97 Å². The largest absolute Gasteiger partial charge is 0.481 e. The third-order valence-electron chi connectivity index (χ3n) is 14.3. The molecular formula is C31H52O8. The van der Waals surface area contributed by atoms with E-state index in [2.05, 4.69) is 13.8 Å². The SMILES string of the molecule is CC(C)C(O)(CO)CCC(C)(O)C1C(O)CC2(C)C3CCC4C(C)(C(=O)O)C(O)CC(O)C45CC35CCC12C. The van der Waals surface area contributed by atoms with E-state index in [1.807, 2.05) is 13.8 Å². The smallest absolute Gasteiger partial charge is 0.312 e. The van der Waals surface area contributed by atoms with Gasteiger partial charge in [0, 0.05) is 17.8 Å². The van der Waals surface area contributed by atoms with E-state index in [0.717, 1.165) is 25.7 Å². The fourth-order valence-electron chi connectivity index (χ4n) is 11.7. The Morgan fingerprint density at radius 2 is 1.56 bits per heavy atom. The Hall–Kier alpha value is -0.770. The van der Waals surface area contributed by atoms with Gasteiger partial charge in [0.1, 0.15) is 0 Å². The van der Waals surface area contributed by atoms with Crippen molar-refractivity contribution in [3.8, 4) is 0 Å². The molecular weight excluding hydrogens is 500 g/mol. The Balaban J connectivity index is 1.48. The van der Waals surface area contributed by atoms with Crippen LogP contribution in [-0.2, 0) is 4.79 Å². The minimum absolute atomic E-state index is 0.0747. The second-order valence-corrected chi connectivity index (χ2v) is 15.8. The Labute approximate surface area is 232 Å². The van der Waals surface area contributed by atoms with Gasteiger partial charge in [-0.2, -0.15) is 0 Å². The molecule has 2 spiro atoms. The summed E-state index contributed by atoms with van der Waals surface area (Å²) in [6.07, 6.45) is 2.21. The zero-order valence-electron chi connectivity index (χ0n) is 24.7. The first kappa shape index (κ1) is 29.7. The number of fused-ring (bicyclic) bond motifs is 2. The lowest BCUT2D eigenvalue weighted by molar-refractivity contribution is -0.214. The van der Waals surface area contributed by atoms with E-state index in [4.69, 9.17) is 0 Å². The molecule has 0 aromatic carbocycles. The molecule has 0 bridgehead atoms. The fourth-order valence-corrected chi connectivity index (χ4v) is 11.7. The van der Waals surface area contributed by atoms with Crippen LogP contribution in [0.3, 0.4) is 0 Å². The molecule has 5 aliphatic rings. The number of aliphatic hydroxyl groups excluding tert-OH is 4. The number of rotatable bonds is 7. The molecule has 0 radical (unpaired) electrons. The van der Waals surface area contributed by atoms with Gasteiger partial charge in [-0.05, 0) is 99.2 Å². The molecule has 8 nitrogen and oxygen atoms in total. The Morgan fingerprint density at radius 3 is 2.13 bits per heavy atom. The molecule has 5 fully saturated rings. The van der Waals surface area contributed by atoms with Crippen molar-refractivity contribution in [3.63, 3.8) is 0 Å². The maximum absolute atomic E-state index is 12.5. The van der Waals surface area contributed by atoms with Crippen LogP contribution in [0.15, 0.2) is 0 Å². The maximum atomic E-state index is 12.5. The van der Waals surface area contributed by atoms with E-state index in [-0.39, 0.29) is 54.5 Å². The number of carbonyl (C=O) groups is 1. The van der Waals surface area contributed by atoms with Crippen LogP contribution in [0.1, 0.15) is 99.3 Å². The van der Waals surface area contributed by atoms with Crippen molar-refractivity contribution in [1.29, 1.82) is 0 Å². The highest BCUT2D eigenvalue weighted by Gasteiger charge is 2.86. The molecule has 7 N–H and O–H groups in total. The number of aliphatic carboxylic acids is 1. The summed E-state index contributed by atoms with van der Waals surface area (Å²) in [4.78, 5) is 12.5. The van der Waals surface area contributed by atoms with E-state index >= 15 is 0 Å². The van der Waals surface area contributed by atoms with Crippen molar-refractivity contribution in [2.24, 2.45) is 50.7 Å². The van der Waals surface area contributed by atoms with Crippen LogP contribution in [-0.4, -0.2) is 77.8 Å². The van der Waals surface area contributed by atoms with E-state index in [0.29, 0.717) is 12.8 Å². The molecule has 5 aliphatic carbocycles. The van der Waals surface area contributed by atoms with E-state index in [1.165, 1.54) is 0 Å². The van der Waals surface area contributed by atoms with Gasteiger partial charge in [-0.15, -0.1) is 0 Å². The lowest BCUT2D eigenvalue weighted by atomic mass is 9.41. The van der Waals surface area contributed by atoms with Gasteiger partial charge in [-0.25, -0.2) is 0 Å². The molecule has 0 saturated heterocycles. The quantitative estimate of drug-likeness (QED) is 0.254. The molecule has 0 aliphatic heterocycles. The minimum atomic E-state index is -1.30. The van der Waals surface area contributed by atoms with Gasteiger partial charge >= 0.3 is 5.97 Å². The predicted octanol–water partition coefficient (Wildman–Crippen LogP) is 2.70. The first-order chi connectivity index (χ1) is 17.8. The summed E-state index contributed by atoms with van der Waals surface area (Å²) in [5.74, 6) is -1.72. The summed E-state index contributed by atoms with van der Waals surface area (Å²) in [5.41, 5.74) is -5.34. The number of carboxylic acids is 1. The summed E-state index contributed by atoms with van der Waals surface area (Å²) < 4.78 is 0. The number of aliphatic hydroxyl groups is 6. The third-order valence-corrected chi connectivity index (χ3v) is 14.3. The summed E-state index contributed by atoms with van der Waals surface area (Å²) in [6, 6.07) is 0. The monoisotopic (exact) mass is 552 g/mol. The van der Waals surface area contributed by atoms with Gasteiger partial charge in [0.25, 0.3) is 0 Å². The zero-order valence-corrected chi connectivity index (χ0v) is 24.7. The van der Waals surface area contributed by atoms with Gasteiger partial charge in [0.15, 0.2) is 0 Å². The van der Waals surface area contributed by atoms with Crippen LogP contribution < -0.4 is 0 Å². The molecule has 39 heavy (non-hydrogen) atoms. The van der Waals surface area contributed by atoms with Gasteiger partial charge in [-0.3, -0.25) is 4.79 Å². The van der Waals surface area contributed by atoms with Crippen molar-refractivity contribution < 1.29 is 40.5 Å². The lowest BCUT2D eigenvalue weighted by Gasteiger charge is -2.63. The third kappa shape index (κ3) is 3.42. The molecule has 0 aromatic rings. The molecule has 8 heteroatoms. The lowest BCUT2D eigenvalue weighted by Crippen LogP contribution is -2.64. The van der Waals surface area contributed by atoms with Crippen LogP contribution in [0.5, 0.6) is 0 Å². The summed E-state index contributed by atoms with van der Waals surface area (Å²) in [6.45, 7) is 11.2. The van der Waals surface area contributed by atoms with Gasteiger partial charge in [0.05, 0.1) is 41.5 Å². The van der Waals surface area contributed by atoms with Crippen molar-refractivity contribution in [3.05, 3.63) is 0 Å². The van der Waals surface area contributed by atoms with Crippen LogP contribution in [0.2, 0.25) is 0 Å². The molecule has 13 unspecified atom stereocenters. The first-order valence-corrected chi connectivity index (χ1v) is 15.2. The van der Waals surface area contributed by atoms with E-state index in [1.54, 1.807) is 13.8 Å². The molecule has 5 saturated carbocycles. The summed E-state index contributed by atoms with van der Waals surface area (Å²) in [7, 11) is 0. The van der Waals surface area contributed by atoms with Gasteiger partial charge in [0.2, 0.25) is 0 Å². The van der Waals surface area contributed by atoms with Gasteiger partial charge < -0.3 is 35.7 Å². The molecule has 5 rings (SSSR count). The number of hydrogen-bond acceptors (Lipinski definition) is 7. The number of carboxylic acid groups (broad SMARTS) is 1. The summed E-state index contributed by atoms with van der Waals surface area (Å²) >= 11 is 0. The Morgan fingerprint density at radius 1 is 0.949 bits per heavy atom. The van der Waals surface area contributed by atoms with Crippen LogP contribution in [0.25, 0.3) is 0 Å². The summed E-state index contributed by atoms with van der Waals surface area (Å²) in [5, 5.41) is 76.9. The van der Waals surface area contributed by atoms with E-state index in [9.17, 15) is 40.5 Å². The normalized spacial score (nSPS) is 53.6. The fraction of sp³-hybridized carbons (Fsp3) is 0.968. The topological polar surface area (TPSA) is 159 Å². The van der Waals surface area contributed by atoms with E-state index < -0.39 is 57.6 Å². The zero-order chi connectivity index (χ0) is 29.2. The highest BCUT2D eigenvalue weighted by Crippen LogP contribution is 2.89. The molecule has 224 valence electrons. The van der Waals surface area contributed by atoms with Crippen molar-refractivity contribution in [1.82, 2.24) is 0 Å². The Bertz CT molecular complexity index is 1010. The highest BCUT2D eigenvalue weighted by atomic mass is 16.4. The van der Waals surface area contributed by atoms with Crippen LogP contribution in [0, 0.1) is 50.7 Å². The van der Waals surface area contributed by atoms with Crippen molar-refractivity contribution in [2.75, 3.05) is 6.61 Å². The van der Waals surface area contributed by atoms with Gasteiger partial charge in [-0.1, -0.05) is 27.7 Å². The average molecular weight is 553 g/mol. The predicted molar refractivity (Wildman–Crippen MR) is 144 cm³/mol. The van der Waals surface area contributed by atoms with Crippen molar-refractivity contribution in [2.45, 2.75) is 129 Å². The van der Waals surface area contributed by atoms with Crippen LogP contribution in [0.4, 0.5) is 0 Å². The maximum Gasteiger partial charge on any atom is 0.312 e. The molecule has 0 aromatic heterocycles. The highest BCUT2D eigenvalue weighted by molar-refractivity contribution is 5.76. The minimum Gasteiger partial charge on any atom is -0.481 e. The molecule has 13 atom stereocenters. The number of hydrogen-bond donors (Lipinski definition) is 7. The first-order valence-electron chi connectivity index (χ1n) is 15.2. The molecule has 0 heterocycles. The second kappa shape index (κ2) is 8.63. The standard InChI is InChI=1S/C31H52O8/c1-17(2)30(39,16-32)12-10-27(5,38)23-18(33)14-26(4)19-7-8-20-28(6,24(36)37)21(34)13-22(35)31(20)15-29(19,31)11-9-25(23,26)3/h17-23,32-35,38-39H,7-16H2,1-6H3,(H,36,37). The second-order valence-electron chi connectivity index (χ2n) is 15.8. The Kier molecular flexibility index (Phi) is 6.58. The molecule has 0 amide bonds. The average Bonchev–Trinajstić information content (AvgIpc) is 3.48.